The average molecular weight is 272 g/mol. The van der Waals surface area contributed by atoms with Gasteiger partial charge >= 0.3 is 12.4 Å². The van der Waals surface area contributed by atoms with E-state index in [1.165, 1.54) is 12.1 Å². The molecule has 0 atom stereocenters. The lowest BCUT2D eigenvalue weighted by Crippen LogP contribution is -2.58. The molecule has 18 heavy (non-hydrogen) atoms. The number of aliphatic hydroxyl groups is 1. The summed E-state index contributed by atoms with van der Waals surface area (Å²) in [7, 11) is 0. The number of rotatable bonds is 2. The van der Waals surface area contributed by atoms with E-state index in [9.17, 15) is 26.3 Å². The maximum atomic E-state index is 12.4. The molecule has 0 aromatic carbocycles. The topological polar surface area (TPSA) is 33.4 Å². The molecule has 8 heteroatoms. The highest BCUT2D eigenvalue weighted by Crippen LogP contribution is 2.45. The van der Waals surface area contributed by atoms with Crippen molar-refractivity contribution in [2.45, 2.75) is 24.4 Å². The molecule has 0 spiro atoms. The SMILES string of the molecule is OC(Cc1cc2ccc1o2)(C(F)(F)F)C(F)(F)F. The number of fused-ring (bicyclic) bond motifs is 2. The minimum atomic E-state index is -5.82. The van der Waals surface area contributed by atoms with Gasteiger partial charge in [0.1, 0.15) is 11.2 Å². The summed E-state index contributed by atoms with van der Waals surface area (Å²) in [6.45, 7) is 0. The molecule has 2 nitrogen and oxygen atoms in total. The van der Waals surface area contributed by atoms with E-state index < -0.39 is 24.4 Å². The third-order valence-corrected chi connectivity index (χ3v) is 2.64. The van der Waals surface area contributed by atoms with Crippen molar-refractivity contribution in [3.05, 3.63) is 23.8 Å². The zero-order valence-corrected chi connectivity index (χ0v) is 8.56. The van der Waals surface area contributed by atoms with Crippen molar-refractivity contribution < 1.29 is 35.9 Å². The van der Waals surface area contributed by atoms with Gasteiger partial charge in [-0.05, 0) is 18.2 Å². The lowest BCUT2D eigenvalue weighted by atomic mass is 9.93. The second kappa shape index (κ2) is 3.53. The normalized spacial score (nSPS) is 14.6. The monoisotopic (exact) mass is 272 g/mol. The fourth-order valence-corrected chi connectivity index (χ4v) is 1.62. The second-order valence-corrected chi connectivity index (χ2v) is 3.90. The van der Waals surface area contributed by atoms with Crippen molar-refractivity contribution in [2.24, 2.45) is 0 Å². The molecule has 100 valence electrons. The summed E-state index contributed by atoms with van der Waals surface area (Å²) in [6, 6.07) is 3.69. The van der Waals surface area contributed by atoms with Crippen molar-refractivity contribution in [3.63, 3.8) is 0 Å². The molecule has 0 radical (unpaired) electrons. The summed E-state index contributed by atoms with van der Waals surface area (Å²) in [6.07, 6.45) is -13.3. The molecule has 2 bridgehead atoms. The Bertz CT molecular complexity index is 524. The molecule has 2 aromatic heterocycles. The van der Waals surface area contributed by atoms with Crippen molar-refractivity contribution in [3.8, 4) is 0 Å². The Morgan fingerprint density at radius 2 is 1.56 bits per heavy atom. The highest BCUT2D eigenvalue weighted by molar-refractivity contribution is 5.66. The van der Waals surface area contributed by atoms with Crippen LogP contribution in [0.2, 0.25) is 0 Å². The Morgan fingerprint density at radius 3 is 1.89 bits per heavy atom. The molecule has 0 saturated heterocycles. The first kappa shape index (κ1) is 13.0. The molecule has 0 aliphatic rings. The molecule has 0 fully saturated rings. The molecule has 1 N–H and O–H groups in total. The molecular formula is C10H6F6O2. The van der Waals surface area contributed by atoms with Gasteiger partial charge in [-0.1, -0.05) is 0 Å². The van der Waals surface area contributed by atoms with E-state index >= 15 is 0 Å². The van der Waals surface area contributed by atoms with Gasteiger partial charge in [0.25, 0.3) is 5.60 Å². The van der Waals surface area contributed by atoms with Crippen LogP contribution >= 0.6 is 0 Å². The van der Waals surface area contributed by atoms with E-state index in [1.54, 1.807) is 0 Å². The van der Waals surface area contributed by atoms with E-state index in [1.807, 2.05) is 0 Å². The van der Waals surface area contributed by atoms with Crippen LogP contribution in [0.15, 0.2) is 22.6 Å². The van der Waals surface area contributed by atoms with Crippen LogP contribution in [0.4, 0.5) is 26.3 Å². The van der Waals surface area contributed by atoms with Crippen LogP contribution < -0.4 is 0 Å². The summed E-state index contributed by atoms with van der Waals surface area (Å²) in [5.41, 5.74) is -5.05. The Balaban J connectivity index is 2.40. The number of halogens is 6. The fraction of sp³-hybridized carbons (Fsp3) is 0.400. The van der Waals surface area contributed by atoms with Crippen molar-refractivity contribution in [1.82, 2.24) is 0 Å². The highest BCUT2D eigenvalue weighted by Gasteiger charge is 2.70. The highest BCUT2D eigenvalue weighted by atomic mass is 19.4. The van der Waals surface area contributed by atoms with Crippen molar-refractivity contribution in [2.75, 3.05) is 0 Å². The Hall–Kier alpha value is -1.44. The largest absolute Gasteiger partial charge is 0.457 e. The number of hydrogen-bond donors (Lipinski definition) is 1. The standard InChI is InChI=1S/C10H6F6O2/c11-9(12,13)8(17,10(14,15)16)4-5-3-6-1-2-7(5)18-6/h1-3,17H,4H2. The number of benzene rings is 1. The van der Waals surface area contributed by atoms with E-state index in [0.29, 0.717) is 0 Å². The van der Waals surface area contributed by atoms with Crippen LogP contribution in [0.1, 0.15) is 5.56 Å². The van der Waals surface area contributed by atoms with Crippen LogP contribution in [0.3, 0.4) is 0 Å². The first-order valence-electron chi connectivity index (χ1n) is 4.71. The zero-order valence-electron chi connectivity index (χ0n) is 8.56. The van der Waals surface area contributed by atoms with Gasteiger partial charge in [0.15, 0.2) is 0 Å². The lowest BCUT2D eigenvalue weighted by molar-refractivity contribution is -0.367. The van der Waals surface area contributed by atoms with Gasteiger partial charge in [0.2, 0.25) is 0 Å². The van der Waals surface area contributed by atoms with E-state index in [-0.39, 0.29) is 16.7 Å². The predicted molar refractivity (Wildman–Crippen MR) is 48.2 cm³/mol. The second-order valence-electron chi connectivity index (χ2n) is 3.90. The first-order chi connectivity index (χ1) is 8.04. The Kier molecular flexibility index (Phi) is 2.55. The summed E-state index contributed by atoms with van der Waals surface area (Å²) in [5, 5.41) is 8.98. The van der Waals surface area contributed by atoms with E-state index in [4.69, 9.17) is 9.52 Å². The minimum Gasteiger partial charge on any atom is -0.457 e. The van der Waals surface area contributed by atoms with Crippen LogP contribution in [-0.4, -0.2) is 23.1 Å². The summed E-state index contributed by atoms with van der Waals surface area (Å²) < 4.78 is 79.4. The molecule has 2 heterocycles. The van der Waals surface area contributed by atoms with Crippen LogP contribution in [0, 0.1) is 0 Å². The maximum absolute atomic E-state index is 12.4. The third kappa shape index (κ3) is 1.80. The number of furan rings is 2. The van der Waals surface area contributed by atoms with Crippen molar-refractivity contribution in [1.29, 1.82) is 0 Å². The molecule has 2 rings (SSSR count). The Morgan fingerprint density at radius 1 is 1.00 bits per heavy atom. The first-order valence-corrected chi connectivity index (χ1v) is 4.71. The molecule has 0 aliphatic carbocycles. The van der Waals surface area contributed by atoms with Crippen LogP contribution in [-0.2, 0) is 6.42 Å². The van der Waals surface area contributed by atoms with Gasteiger partial charge in [-0.15, -0.1) is 0 Å². The molecule has 0 unspecified atom stereocenters. The summed E-state index contributed by atoms with van der Waals surface area (Å²) >= 11 is 0. The summed E-state index contributed by atoms with van der Waals surface area (Å²) in [4.78, 5) is 0. The summed E-state index contributed by atoms with van der Waals surface area (Å²) in [5.74, 6) is 0. The smallest absolute Gasteiger partial charge is 0.426 e. The van der Waals surface area contributed by atoms with Gasteiger partial charge < -0.3 is 9.52 Å². The van der Waals surface area contributed by atoms with Gasteiger partial charge in [-0.25, -0.2) is 0 Å². The van der Waals surface area contributed by atoms with Gasteiger partial charge in [-0.2, -0.15) is 26.3 Å². The predicted octanol–water partition coefficient (Wildman–Crippen LogP) is 3.27. The fourth-order valence-electron chi connectivity index (χ4n) is 1.62. The van der Waals surface area contributed by atoms with Gasteiger partial charge in [0.05, 0.1) is 0 Å². The molecule has 0 aliphatic heterocycles. The van der Waals surface area contributed by atoms with Crippen LogP contribution in [0.25, 0.3) is 11.2 Å². The van der Waals surface area contributed by atoms with E-state index in [2.05, 4.69) is 0 Å². The Labute approximate surface area is 96.1 Å². The molecule has 2 aromatic rings. The number of hydrogen-bond acceptors (Lipinski definition) is 2. The van der Waals surface area contributed by atoms with Crippen LogP contribution in [0.5, 0.6) is 0 Å². The zero-order chi connectivity index (χ0) is 13.8. The number of alkyl halides is 6. The van der Waals surface area contributed by atoms with E-state index in [0.717, 1.165) is 6.07 Å². The third-order valence-electron chi connectivity index (χ3n) is 2.64. The van der Waals surface area contributed by atoms with Gasteiger partial charge in [-0.3, -0.25) is 0 Å². The average Bonchev–Trinajstić information content (AvgIpc) is 2.75. The molecule has 0 saturated carbocycles. The molecule has 0 amide bonds. The van der Waals surface area contributed by atoms with Gasteiger partial charge in [0, 0.05) is 12.0 Å². The minimum absolute atomic E-state index is 0.100. The van der Waals surface area contributed by atoms with Crippen molar-refractivity contribution >= 4 is 11.2 Å². The molecular weight excluding hydrogens is 266 g/mol. The quantitative estimate of drug-likeness (QED) is 0.851. The lowest BCUT2D eigenvalue weighted by Gasteiger charge is -2.32. The maximum Gasteiger partial charge on any atom is 0.426 e.